The average Bonchev–Trinajstić information content (AvgIpc) is 2.93. The highest BCUT2D eigenvalue weighted by atomic mass is 16.5. The fraction of sp³-hybridized carbons (Fsp3) is 0.200. The Kier molecular flexibility index (Phi) is 3.68. The predicted molar refractivity (Wildman–Crippen MR) is 96.0 cm³/mol. The van der Waals surface area contributed by atoms with E-state index in [1.54, 1.807) is 57.7 Å². The van der Waals surface area contributed by atoms with Crippen LogP contribution in [0.4, 0.5) is 0 Å². The number of fused-ring (bicyclic) bond motifs is 2. The minimum Gasteiger partial charge on any atom is -0.493 e. The van der Waals surface area contributed by atoms with Crippen molar-refractivity contribution < 1.29 is 18.7 Å². The van der Waals surface area contributed by atoms with E-state index in [1.165, 1.54) is 4.90 Å². The first-order valence-electron chi connectivity index (χ1n) is 8.11. The number of carbonyl (C=O) groups excluding carboxylic acids is 1. The summed E-state index contributed by atoms with van der Waals surface area (Å²) in [6, 6.07) is 11.7. The van der Waals surface area contributed by atoms with Crippen LogP contribution in [0, 0.1) is 0 Å². The fourth-order valence-corrected chi connectivity index (χ4v) is 3.45. The lowest BCUT2D eigenvalue weighted by Gasteiger charge is -2.21. The van der Waals surface area contributed by atoms with Crippen LogP contribution in [-0.4, -0.2) is 32.1 Å². The SMILES string of the molecule is COc1ccc([C@@H]2c3c(oc4ccccc4c3=O)C(=O)N2C)cc1OC. The molecule has 1 aliphatic rings. The third-order valence-electron chi connectivity index (χ3n) is 4.73. The van der Waals surface area contributed by atoms with Gasteiger partial charge in [-0.25, -0.2) is 0 Å². The summed E-state index contributed by atoms with van der Waals surface area (Å²) < 4.78 is 16.4. The average molecular weight is 351 g/mol. The van der Waals surface area contributed by atoms with E-state index in [1.807, 2.05) is 6.07 Å². The number of hydrogen-bond donors (Lipinski definition) is 0. The summed E-state index contributed by atoms with van der Waals surface area (Å²) in [7, 11) is 4.75. The molecule has 0 N–H and O–H groups in total. The summed E-state index contributed by atoms with van der Waals surface area (Å²) in [6.45, 7) is 0. The highest BCUT2D eigenvalue weighted by molar-refractivity contribution is 5.98. The molecule has 4 rings (SSSR count). The summed E-state index contributed by atoms with van der Waals surface area (Å²) in [6.07, 6.45) is 0. The van der Waals surface area contributed by atoms with E-state index < -0.39 is 6.04 Å². The van der Waals surface area contributed by atoms with Gasteiger partial charge in [-0.05, 0) is 29.8 Å². The third-order valence-corrected chi connectivity index (χ3v) is 4.73. The standard InChI is InChI=1S/C20H17NO5/c1-21-17(11-8-9-14(24-2)15(10-11)25-3)16-18(22)12-6-4-5-7-13(12)26-19(16)20(21)23/h4-10,17H,1-3H3/t17-/m1/s1. The Morgan fingerprint density at radius 1 is 1.00 bits per heavy atom. The minimum absolute atomic E-state index is 0.0935. The quantitative estimate of drug-likeness (QED) is 0.726. The van der Waals surface area contributed by atoms with Crippen LogP contribution in [0.25, 0.3) is 11.0 Å². The number of para-hydroxylation sites is 1. The second-order valence-corrected chi connectivity index (χ2v) is 6.10. The van der Waals surface area contributed by atoms with Crippen molar-refractivity contribution in [3.63, 3.8) is 0 Å². The number of rotatable bonds is 3. The summed E-state index contributed by atoms with van der Waals surface area (Å²) in [5, 5.41) is 0.458. The number of hydrogen-bond acceptors (Lipinski definition) is 5. The lowest BCUT2D eigenvalue weighted by molar-refractivity contribution is 0.0771. The molecule has 26 heavy (non-hydrogen) atoms. The molecule has 1 atom stereocenters. The Balaban J connectivity index is 1.97. The van der Waals surface area contributed by atoms with Gasteiger partial charge in [-0.3, -0.25) is 9.59 Å². The smallest absolute Gasteiger partial charge is 0.290 e. The summed E-state index contributed by atoms with van der Waals surface area (Å²) in [4.78, 5) is 27.3. The zero-order valence-electron chi connectivity index (χ0n) is 14.6. The van der Waals surface area contributed by atoms with Crippen molar-refractivity contribution >= 4 is 16.9 Å². The van der Waals surface area contributed by atoms with Crippen LogP contribution in [0.15, 0.2) is 51.7 Å². The van der Waals surface area contributed by atoms with Gasteiger partial charge in [-0.1, -0.05) is 18.2 Å². The van der Waals surface area contributed by atoms with Gasteiger partial charge in [-0.2, -0.15) is 0 Å². The molecule has 0 fully saturated rings. The Bertz CT molecular complexity index is 1090. The molecule has 0 radical (unpaired) electrons. The van der Waals surface area contributed by atoms with E-state index in [-0.39, 0.29) is 17.1 Å². The molecule has 0 saturated heterocycles. The van der Waals surface area contributed by atoms with Crippen molar-refractivity contribution in [3.05, 3.63) is 69.6 Å². The summed E-state index contributed by atoms with van der Waals surface area (Å²) in [5.74, 6) is 0.886. The Morgan fingerprint density at radius 2 is 1.73 bits per heavy atom. The molecule has 6 nitrogen and oxygen atoms in total. The number of ether oxygens (including phenoxy) is 2. The van der Waals surface area contributed by atoms with E-state index in [9.17, 15) is 9.59 Å². The van der Waals surface area contributed by atoms with Crippen molar-refractivity contribution in [2.75, 3.05) is 21.3 Å². The number of carbonyl (C=O) groups is 1. The zero-order chi connectivity index (χ0) is 18.4. The zero-order valence-corrected chi connectivity index (χ0v) is 14.6. The highest BCUT2D eigenvalue weighted by Gasteiger charge is 2.40. The maximum absolute atomic E-state index is 13.1. The van der Waals surface area contributed by atoms with E-state index in [0.29, 0.717) is 28.0 Å². The Labute approximate surface area is 149 Å². The molecule has 1 amide bonds. The molecule has 0 spiro atoms. The third kappa shape index (κ3) is 2.19. The lowest BCUT2D eigenvalue weighted by atomic mass is 9.98. The van der Waals surface area contributed by atoms with Gasteiger partial charge in [0.25, 0.3) is 5.91 Å². The number of methoxy groups -OCH3 is 2. The largest absolute Gasteiger partial charge is 0.493 e. The predicted octanol–water partition coefficient (Wildman–Crippen LogP) is 2.99. The first-order valence-corrected chi connectivity index (χ1v) is 8.11. The van der Waals surface area contributed by atoms with Gasteiger partial charge in [0, 0.05) is 7.05 Å². The Morgan fingerprint density at radius 3 is 2.46 bits per heavy atom. The van der Waals surface area contributed by atoms with E-state index in [0.717, 1.165) is 5.56 Å². The maximum Gasteiger partial charge on any atom is 0.290 e. The van der Waals surface area contributed by atoms with Gasteiger partial charge < -0.3 is 18.8 Å². The molecule has 6 heteroatoms. The molecular weight excluding hydrogens is 334 g/mol. The topological polar surface area (TPSA) is 69.0 Å². The van der Waals surface area contributed by atoms with Crippen LogP contribution in [0.2, 0.25) is 0 Å². The molecule has 0 saturated carbocycles. The molecule has 2 aromatic carbocycles. The molecule has 1 aromatic heterocycles. The normalized spacial score (nSPS) is 16.0. The van der Waals surface area contributed by atoms with Crippen molar-refractivity contribution in [1.29, 1.82) is 0 Å². The van der Waals surface area contributed by atoms with Crippen LogP contribution in [0.5, 0.6) is 11.5 Å². The van der Waals surface area contributed by atoms with Crippen molar-refractivity contribution in [2.45, 2.75) is 6.04 Å². The summed E-state index contributed by atoms with van der Waals surface area (Å²) >= 11 is 0. The first-order chi connectivity index (χ1) is 12.6. The van der Waals surface area contributed by atoms with Crippen molar-refractivity contribution in [3.8, 4) is 11.5 Å². The monoisotopic (exact) mass is 351 g/mol. The molecule has 1 aliphatic heterocycles. The number of benzene rings is 2. The molecule has 0 bridgehead atoms. The van der Waals surface area contributed by atoms with E-state index >= 15 is 0 Å². The highest BCUT2D eigenvalue weighted by Crippen LogP contribution is 2.39. The van der Waals surface area contributed by atoms with Crippen LogP contribution < -0.4 is 14.9 Å². The van der Waals surface area contributed by atoms with E-state index in [2.05, 4.69) is 0 Å². The van der Waals surface area contributed by atoms with Gasteiger partial charge in [0.05, 0.1) is 31.2 Å². The second-order valence-electron chi connectivity index (χ2n) is 6.10. The van der Waals surface area contributed by atoms with Crippen LogP contribution in [0.3, 0.4) is 0 Å². The van der Waals surface area contributed by atoms with Gasteiger partial charge >= 0.3 is 0 Å². The molecule has 132 valence electrons. The van der Waals surface area contributed by atoms with Gasteiger partial charge in [0.15, 0.2) is 16.9 Å². The molecular formula is C20H17NO5. The van der Waals surface area contributed by atoms with E-state index in [4.69, 9.17) is 13.9 Å². The van der Waals surface area contributed by atoms with Gasteiger partial charge in [-0.15, -0.1) is 0 Å². The van der Waals surface area contributed by atoms with Crippen LogP contribution in [0.1, 0.15) is 27.7 Å². The van der Waals surface area contributed by atoms with Crippen molar-refractivity contribution in [1.82, 2.24) is 4.90 Å². The second kappa shape index (κ2) is 5.91. The lowest BCUT2D eigenvalue weighted by Crippen LogP contribution is -2.25. The maximum atomic E-state index is 13.1. The Hall–Kier alpha value is -3.28. The summed E-state index contributed by atoms with van der Waals surface area (Å²) in [5.41, 5.74) is 1.31. The molecule has 0 aliphatic carbocycles. The first kappa shape index (κ1) is 16.2. The minimum atomic E-state index is -0.543. The molecule has 3 aromatic rings. The number of nitrogens with zero attached hydrogens (tertiary/aromatic N) is 1. The molecule has 0 unspecified atom stereocenters. The van der Waals surface area contributed by atoms with Crippen LogP contribution >= 0.6 is 0 Å². The van der Waals surface area contributed by atoms with Gasteiger partial charge in [0.1, 0.15) is 5.58 Å². The van der Waals surface area contributed by atoms with Gasteiger partial charge in [0.2, 0.25) is 5.76 Å². The fourth-order valence-electron chi connectivity index (χ4n) is 3.45. The van der Waals surface area contributed by atoms with Crippen molar-refractivity contribution in [2.24, 2.45) is 0 Å². The molecule has 2 heterocycles. The van der Waals surface area contributed by atoms with Crippen LogP contribution in [-0.2, 0) is 0 Å². The number of amides is 1.